The summed E-state index contributed by atoms with van der Waals surface area (Å²) >= 11 is 1.43. The minimum atomic E-state index is 0.247. The van der Waals surface area contributed by atoms with Crippen molar-refractivity contribution in [3.05, 3.63) is 5.82 Å². The lowest BCUT2D eigenvalue weighted by atomic mass is 10.1. The van der Waals surface area contributed by atoms with E-state index in [-0.39, 0.29) is 5.24 Å². The standard InChI is InChI=1S/C10H17N5OS/c16-10-15(7-8-17-10)6-4-2-1-3-5-9-11-13-14-12-9/h1-8H2,(H,11,12,13,14). The van der Waals surface area contributed by atoms with E-state index >= 15 is 0 Å². The number of tetrazole rings is 1. The largest absolute Gasteiger partial charge is 0.333 e. The van der Waals surface area contributed by atoms with Gasteiger partial charge in [0.2, 0.25) is 0 Å². The van der Waals surface area contributed by atoms with Crippen LogP contribution in [0.1, 0.15) is 31.5 Å². The quantitative estimate of drug-likeness (QED) is 0.747. The molecule has 1 aliphatic rings. The number of amides is 1. The van der Waals surface area contributed by atoms with Gasteiger partial charge in [0.25, 0.3) is 5.24 Å². The van der Waals surface area contributed by atoms with Crippen LogP contribution in [0.3, 0.4) is 0 Å². The van der Waals surface area contributed by atoms with E-state index in [9.17, 15) is 4.79 Å². The van der Waals surface area contributed by atoms with Gasteiger partial charge in [-0.1, -0.05) is 29.8 Å². The molecule has 2 heterocycles. The van der Waals surface area contributed by atoms with Crippen molar-refractivity contribution in [2.24, 2.45) is 0 Å². The van der Waals surface area contributed by atoms with Crippen molar-refractivity contribution in [3.8, 4) is 0 Å². The first-order chi connectivity index (χ1) is 8.36. The van der Waals surface area contributed by atoms with Gasteiger partial charge < -0.3 is 4.90 Å². The summed E-state index contributed by atoms with van der Waals surface area (Å²) in [5.74, 6) is 1.74. The van der Waals surface area contributed by atoms with E-state index in [0.717, 1.165) is 56.8 Å². The molecule has 0 atom stereocenters. The topological polar surface area (TPSA) is 74.8 Å². The molecule has 0 saturated carbocycles. The maximum Gasteiger partial charge on any atom is 0.281 e. The zero-order valence-electron chi connectivity index (χ0n) is 9.76. The molecule has 94 valence electrons. The first-order valence-corrected chi connectivity index (χ1v) is 6.99. The number of aryl methyl sites for hydroxylation is 1. The first-order valence-electron chi connectivity index (χ1n) is 6.00. The van der Waals surface area contributed by atoms with Gasteiger partial charge in [-0.15, -0.1) is 10.2 Å². The van der Waals surface area contributed by atoms with Crippen molar-refractivity contribution in [1.29, 1.82) is 0 Å². The lowest BCUT2D eigenvalue weighted by molar-refractivity contribution is 0.228. The van der Waals surface area contributed by atoms with Crippen LogP contribution in [-0.2, 0) is 6.42 Å². The molecule has 1 N–H and O–H groups in total. The van der Waals surface area contributed by atoms with E-state index in [1.165, 1.54) is 11.8 Å². The van der Waals surface area contributed by atoms with Gasteiger partial charge in [0.05, 0.1) is 0 Å². The monoisotopic (exact) mass is 255 g/mol. The molecule has 1 saturated heterocycles. The fraction of sp³-hybridized carbons (Fsp3) is 0.800. The summed E-state index contributed by atoms with van der Waals surface area (Å²) < 4.78 is 0. The molecule has 6 nitrogen and oxygen atoms in total. The predicted octanol–water partition coefficient (Wildman–Crippen LogP) is 1.47. The molecule has 7 heteroatoms. The van der Waals surface area contributed by atoms with Gasteiger partial charge in [0.15, 0.2) is 5.82 Å². The Kier molecular flexibility index (Phi) is 4.78. The van der Waals surface area contributed by atoms with E-state index in [1.54, 1.807) is 0 Å². The summed E-state index contributed by atoms with van der Waals surface area (Å²) in [6.45, 7) is 1.83. The number of rotatable bonds is 7. The Labute approximate surface area is 105 Å². The van der Waals surface area contributed by atoms with E-state index in [0.29, 0.717) is 0 Å². The number of carbonyl (C=O) groups excluding carboxylic acids is 1. The van der Waals surface area contributed by atoms with Crippen molar-refractivity contribution in [2.75, 3.05) is 18.8 Å². The van der Waals surface area contributed by atoms with Gasteiger partial charge in [-0.25, -0.2) is 0 Å². The third kappa shape index (κ3) is 3.99. The number of carbonyl (C=O) groups is 1. The van der Waals surface area contributed by atoms with Crippen molar-refractivity contribution < 1.29 is 4.79 Å². The molecule has 17 heavy (non-hydrogen) atoms. The molecule has 0 unspecified atom stereocenters. The SMILES string of the molecule is O=C1SCCN1CCCCCCc1nn[nH]n1. The average molecular weight is 255 g/mol. The lowest BCUT2D eigenvalue weighted by Crippen LogP contribution is -2.24. The molecule has 0 radical (unpaired) electrons. The van der Waals surface area contributed by atoms with Crippen LogP contribution in [0.5, 0.6) is 0 Å². The van der Waals surface area contributed by atoms with Crippen LogP contribution in [0.4, 0.5) is 4.79 Å². The minimum Gasteiger partial charge on any atom is -0.333 e. The summed E-state index contributed by atoms with van der Waals surface area (Å²) in [5, 5.41) is 14.0. The van der Waals surface area contributed by atoms with Gasteiger partial charge in [-0.3, -0.25) is 4.79 Å². The molecule has 1 aliphatic heterocycles. The summed E-state index contributed by atoms with van der Waals surface area (Å²) in [7, 11) is 0. The van der Waals surface area contributed by atoms with E-state index in [1.807, 2.05) is 4.90 Å². The summed E-state index contributed by atoms with van der Waals surface area (Å²) in [4.78, 5) is 13.3. The number of aromatic nitrogens is 4. The number of aromatic amines is 1. The normalized spacial score (nSPS) is 15.8. The van der Waals surface area contributed by atoms with Crippen LogP contribution in [0, 0.1) is 0 Å². The van der Waals surface area contributed by atoms with Crippen LogP contribution in [0.2, 0.25) is 0 Å². The number of H-pyrrole nitrogens is 1. The molecule has 1 aromatic heterocycles. The third-order valence-electron chi connectivity index (χ3n) is 2.81. The summed E-state index contributed by atoms with van der Waals surface area (Å²) in [6.07, 6.45) is 5.38. The van der Waals surface area contributed by atoms with E-state index < -0.39 is 0 Å². The van der Waals surface area contributed by atoms with Crippen molar-refractivity contribution in [3.63, 3.8) is 0 Å². The number of nitrogens with one attached hydrogen (secondary N) is 1. The third-order valence-corrected chi connectivity index (χ3v) is 3.70. The Morgan fingerprint density at radius 2 is 2.18 bits per heavy atom. The Bertz CT molecular complexity index is 342. The van der Waals surface area contributed by atoms with Gasteiger partial charge >= 0.3 is 0 Å². The van der Waals surface area contributed by atoms with Crippen molar-refractivity contribution >= 4 is 17.0 Å². The summed E-state index contributed by atoms with van der Waals surface area (Å²) in [6, 6.07) is 0. The fourth-order valence-electron chi connectivity index (χ4n) is 1.86. The van der Waals surface area contributed by atoms with Crippen molar-refractivity contribution in [2.45, 2.75) is 32.1 Å². The van der Waals surface area contributed by atoms with Crippen LogP contribution >= 0.6 is 11.8 Å². The second-order valence-electron chi connectivity index (χ2n) is 4.09. The van der Waals surface area contributed by atoms with Crippen molar-refractivity contribution in [1.82, 2.24) is 25.5 Å². The lowest BCUT2D eigenvalue weighted by Gasteiger charge is -2.13. The molecule has 0 bridgehead atoms. The van der Waals surface area contributed by atoms with Gasteiger partial charge in [0.1, 0.15) is 0 Å². The highest BCUT2D eigenvalue weighted by atomic mass is 32.2. The average Bonchev–Trinajstić information content (AvgIpc) is 2.95. The smallest absolute Gasteiger partial charge is 0.281 e. The number of unbranched alkanes of at least 4 members (excludes halogenated alkanes) is 3. The molecule has 0 aliphatic carbocycles. The predicted molar refractivity (Wildman–Crippen MR) is 65.8 cm³/mol. The Hall–Kier alpha value is -1.11. The molecular formula is C10H17N5OS. The summed E-state index contributed by atoms with van der Waals surface area (Å²) in [5.41, 5.74) is 0. The molecule has 1 fully saturated rings. The zero-order chi connectivity index (χ0) is 11.9. The molecular weight excluding hydrogens is 238 g/mol. The Morgan fingerprint density at radius 1 is 1.29 bits per heavy atom. The maximum absolute atomic E-state index is 11.3. The van der Waals surface area contributed by atoms with Crippen LogP contribution < -0.4 is 0 Å². The number of hydrogen-bond acceptors (Lipinski definition) is 5. The second kappa shape index (κ2) is 6.58. The van der Waals surface area contributed by atoms with Crippen LogP contribution in [-0.4, -0.2) is 49.6 Å². The number of thioether (sulfide) groups is 1. The van der Waals surface area contributed by atoms with Gasteiger partial charge in [0, 0.05) is 25.3 Å². The van der Waals surface area contributed by atoms with Gasteiger partial charge in [-0.05, 0) is 12.8 Å². The zero-order valence-corrected chi connectivity index (χ0v) is 10.6. The number of hydrogen-bond donors (Lipinski definition) is 1. The molecule has 1 aromatic rings. The highest BCUT2D eigenvalue weighted by molar-refractivity contribution is 8.13. The van der Waals surface area contributed by atoms with Crippen LogP contribution in [0.25, 0.3) is 0 Å². The fourth-order valence-corrected chi connectivity index (χ4v) is 2.71. The highest BCUT2D eigenvalue weighted by Crippen LogP contribution is 2.17. The maximum atomic E-state index is 11.3. The van der Waals surface area contributed by atoms with Gasteiger partial charge in [-0.2, -0.15) is 5.21 Å². The first kappa shape index (κ1) is 12.3. The molecule has 0 aromatic carbocycles. The highest BCUT2D eigenvalue weighted by Gasteiger charge is 2.19. The van der Waals surface area contributed by atoms with E-state index in [2.05, 4.69) is 20.6 Å². The molecule has 2 rings (SSSR count). The second-order valence-corrected chi connectivity index (χ2v) is 5.14. The van der Waals surface area contributed by atoms with Crippen LogP contribution in [0.15, 0.2) is 0 Å². The number of nitrogens with zero attached hydrogens (tertiary/aromatic N) is 4. The Balaban J connectivity index is 1.48. The molecule has 0 spiro atoms. The Morgan fingerprint density at radius 3 is 2.88 bits per heavy atom. The van der Waals surface area contributed by atoms with E-state index in [4.69, 9.17) is 0 Å². The molecule has 1 amide bonds. The minimum absolute atomic E-state index is 0.247.